The first-order valence-electron chi connectivity index (χ1n) is 5.48. The monoisotopic (exact) mass is 289 g/mol. The lowest BCUT2D eigenvalue weighted by Gasteiger charge is -1.99. The normalized spacial score (nSPS) is 11.1. The molecule has 2 rings (SSSR count). The molecule has 6 heteroatoms. The molecule has 0 atom stereocenters. The minimum Gasteiger partial charge on any atom is -0.210 e. The number of halogens is 2. The summed E-state index contributed by atoms with van der Waals surface area (Å²) >= 11 is 13.3. The van der Waals surface area contributed by atoms with Crippen LogP contribution in [0.2, 0.25) is 5.15 Å². The highest BCUT2D eigenvalue weighted by molar-refractivity contribution is 7.14. The van der Waals surface area contributed by atoms with Crippen molar-refractivity contribution in [2.24, 2.45) is 0 Å². The Hall–Kier alpha value is -0.580. The molecular formula is C11H13Cl2N3S. The van der Waals surface area contributed by atoms with Gasteiger partial charge in [0.15, 0.2) is 0 Å². The Labute approximate surface area is 114 Å². The molecule has 3 nitrogen and oxygen atoms in total. The first-order chi connectivity index (χ1) is 8.19. The van der Waals surface area contributed by atoms with Gasteiger partial charge in [-0.05, 0) is 18.9 Å². The third kappa shape index (κ3) is 2.49. The average Bonchev–Trinajstić information content (AvgIpc) is 2.91. The largest absolute Gasteiger partial charge is 0.212 e. The molecule has 17 heavy (non-hydrogen) atoms. The van der Waals surface area contributed by atoms with Gasteiger partial charge in [0, 0.05) is 5.69 Å². The number of rotatable bonds is 4. The van der Waals surface area contributed by atoms with Crippen LogP contribution >= 0.6 is 34.5 Å². The van der Waals surface area contributed by atoms with Gasteiger partial charge >= 0.3 is 0 Å². The lowest BCUT2D eigenvalue weighted by atomic mass is 10.3. The standard InChI is InChI=1S/C11H13Cl2N3S/c1-3-7-5-8(4-2)16(15-7)11-14-10(13)9(6-12)17-11/h5H,3-4,6H2,1-2H3. The molecule has 2 aromatic heterocycles. The molecule has 2 aromatic rings. The molecule has 0 spiro atoms. The summed E-state index contributed by atoms with van der Waals surface area (Å²) in [4.78, 5) is 5.20. The van der Waals surface area contributed by atoms with Crippen molar-refractivity contribution >= 4 is 34.5 Å². The quantitative estimate of drug-likeness (QED) is 0.801. The Bertz CT molecular complexity index is 519. The van der Waals surface area contributed by atoms with Crippen molar-refractivity contribution in [1.82, 2.24) is 14.8 Å². The molecule has 0 unspecified atom stereocenters. The predicted molar refractivity (Wildman–Crippen MR) is 72.6 cm³/mol. The summed E-state index contributed by atoms with van der Waals surface area (Å²) in [7, 11) is 0. The highest BCUT2D eigenvalue weighted by Gasteiger charge is 2.14. The molecule has 2 heterocycles. The minimum atomic E-state index is 0.389. The molecule has 0 aromatic carbocycles. The van der Waals surface area contributed by atoms with Gasteiger partial charge in [0.25, 0.3) is 0 Å². The van der Waals surface area contributed by atoms with Gasteiger partial charge in [-0.15, -0.1) is 11.6 Å². The van der Waals surface area contributed by atoms with Crippen molar-refractivity contribution in [3.05, 3.63) is 27.5 Å². The SMILES string of the molecule is CCc1cc(CC)n(-c2nc(Cl)c(CCl)s2)n1. The van der Waals surface area contributed by atoms with Gasteiger partial charge in [0.1, 0.15) is 5.15 Å². The number of thiazole rings is 1. The van der Waals surface area contributed by atoms with E-state index >= 15 is 0 Å². The van der Waals surface area contributed by atoms with Crippen molar-refractivity contribution in [3.8, 4) is 5.13 Å². The Morgan fingerprint density at radius 3 is 2.65 bits per heavy atom. The fourth-order valence-electron chi connectivity index (χ4n) is 1.56. The summed E-state index contributed by atoms with van der Waals surface area (Å²) in [5.41, 5.74) is 2.22. The maximum absolute atomic E-state index is 6.00. The van der Waals surface area contributed by atoms with Crippen LogP contribution < -0.4 is 0 Å². The van der Waals surface area contributed by atoms with Gasteiger partial charge in [0.05, 0.1) is 16.5 Å². The zero-order valence-electron chi connectivity index (χ0n) is 9.70. The van der Waals surface area contributed by atoms with E-state index in [-0.39, 0.29) is 0 Å². The molecule has 92 valence electrons. The zero-order valence-corrected chi connectivity index (χ0v) is 12.0. The summed E-state index contributed by atoms with van der Waals surface area (Å²) < 4.78 is 1.87. The molecule has 0 radical (unpaired) electrons. The Balaban J connectivity index is 2.47. The van der Waals surface area contributed by atoms with E-state index < -0.39 is 0 Å². The lowest BCUT2D eigenvalue weighted by Crippen LogP contribution is -2.00. The van der Waals surface area contributed by atoms with Crippen LogP contribution in [0.15, 0.2) is 6.07 Å². The van der Waals surface area contributed by atoms with Crippen molar-refractivity contribution < 1.29 is 0 Å². The van der Waals surface area contributed by atoms with Crippen LogP contribution in [0.25, 0.3) is 5.13 Å². The highest BCUT2D eigenvalue weighted by Crippen LogP contribution is 2.28. The zero-order chi connectivity index (χ0) is 12.4. The van der Waals surface area contributed by atoms with E-state index in [1.54, 1.807) is 0 Å². The first-order valence-corrected chi connectivity index (χ1v) is 7.21. The van der Waals surface area contributed by atoms with Crippen LogP contribution in [0.3, 0.4) is 0 Å². The number of hydrogen-bond acceptors (Lipinski definition) is 3. The number of hydrogen-bond donors (Lipinski definition) is 0. The van der Waals surface area contributed by atoms with Gasteiger partial charge in [-0.1, -0.05) is 36.8 Å². The summed E-state index contributed by atoms with van der Waals surface area (Å²) in [5, 5.41) is 5.80. The van der Waals surface area contributed by atoms with Gasteiger partial charge in [-0.25, -0.2) is 9.67 Å². The summed E-state index contributed by atoms with van der Waals surface area (Å²) in [6.07, 6.45) is 1.84. The predicted octanol–water partition coefficient (Wildman–Crippen LogP) is 3.85. The highest BCUT2D eigenvalue weighted by atomic mass is 35.5. The first kappa shape index (κ1) is 12.9. The van der Waals surface area contributed by atoms with E-state index in [9.17, 15) is 0 Å². The van der Waals surface area contributed by atoms with Gasteiger partial charge in [-0.3, -0.25) is 0 Å². The Morgan fingerprint density at radius 1 is 1.35 bits per heavy atom. The van der Waals surface area contributed by atoms with Crippen LogP contribution in [0.5, 0.6) is 0 Å². The third-order valence-electron chi connectivity index (χ3n) is 2.50. The van der Waals surface area contributed by atoms with Gasteiger partial charge in [0.2, 0.25) is 5.13 Å². The summed E-state index contributed by atoms with van der Waals surface area (Å²) in [6.45, 7) is 4.19. The number of alkyl halides is 1. The fourth-order valence-corrected chi connectivity index (χ4v) is 3.02. The molecule has 0 amide bonds. The van der Waals surface area contributed by atoms with Crippen molar-refractivity contribution in [3.63, 3.8) is 0 Å². The second-order valence-corrected chi connectivity index (χ2v) is 5.28. The Morgan fingerprint density at radius 2 is 2.12 bits per heavy atom. The molecule has 0 saturated heterocycles. The molecule has 0 saturated carbocycles. The fraction of sp³-hybridized carbons (Fsp3) is 0.455. The molecule has 0 aliphatic heterocycles. The number of nitrogens with zero attached hydrogens (tertiary/aromatic N) is 3. The van der Waals surface area contributed by atoms with Crippen LogP contribution in [-0.4, -0.2) is 14.8 Å². The molecule has 0 fully saturated rings. The van der Waals surface area contributed by atoms with Crippen LogP contribution in [0.1, 0.15) is 30.1 Å². The Kier molecular flexibility index (Phi) is 4.07. The minimum absolute atomic E-state index is 0.389. The van der Waals surface area contributed by atoms with Crippen molar-refractivity contribution in [1.29, 1.82) is 0 Å². The summed E-state index contributed by atoms with van der Waals surface area (Å²) in [6, 6.07) is 2.11. The van der Waals surface area contributed by atoms with Crippen LogP contribution in [-0.2, 0) is 18.7 Å². The van der Waals surface area contributed by atoms with Gasteiger partial charge in [-0.2, -0.15) is 5.10 Å². The van der Waals surface area contributed by atoms with E-state index in [0.29, 0.717) is 11.0 Å². The van der Waals surface area contributed by atoms with E-state index in [1.807, 2.05) is 4.68 Å². The average molecular weight is 290 g/mol. The van der Waals surface area contributed by atoms with Crippen LogP contribution in [0, 0.1) is 0 Å². The lowest BCUT2D eigenvalue weighted by molar-refractivity contribution is 0.788. The smallest absolute Gasteiger partial charge is 0.210 e. The van der Waals surface area contributed by atoms with Crippen molar-refractivity contribution in [2.45, 2.75) is 32.6 Å². The number of aromatic nitrogens is 3. The number of aryl methyl sites for hydroxylation is 2. The molecule has 0 N–H and O–H groups in total. The van der Waals surface area contributed by atoms with E-state index in [1.165, 1.54) is 11.3 Å². The summed E-state index contributed by atoms with van der Waals surface area (Å²) in [5.74, 6) is 0.389. The van der Waals surface area contributed by atoms with E-state index in [2.05, 4.69) is 30.0 Å². The molecule has 0 bridgehead atoms. The topological polar surface area (TPSA) is 30.7 Å². The van der Waals surface area contributed by atoms with Crippen molar-refractivity contribution in [2.75, 3.05) is 0 Å². The third-order valence-corrected chi connectivity index (χ3v) is 4.38. The molecule has 0 aliphatic rings. The second-order valence-electron chi connectivity index (χ2n) is 3.59. The van der Waals surface area contributed by atoms with Gasteiger partial charge < -0.3 is 0 Å². The molecule has 0 aliphatic carbocycles. The van der Waals surface area contributed by atoms with E-state index in [0.717, 1.165) is 34.2 Å². The van der Waals surface area contributed by atoms with Crippen LogP contribution in [0.4, 0.5) is 0 Å². The maximum atomic E-state index is 6.00. The second kappa shape index (κ2) is 5.38. The molecular weight excluding hydrogens is 277 g/mol. The van der Waals surface area contributed by atoms with E-state index in [4.69, 9.17) is 23.2 Å². The maximum Gasteiger partial charge on any atom is 0.212 e.